The highest BCUT2D eigenvalue weighted by molar-refractivity contribution is 6.22. The van der Waals surface area contributed by atoms with Crippen molar-refractivity contribution in [3.63, 3.8) is 0 Å². The lowest BCUT2D eigenvalue weighted by molar-refractivity contribution is 1.08. The predicted molar refractivity (Wildman–Crippen MR) is 292 cm³/mol. The van der Waals surface area contributed by atoms with E-state index in [1.165, 1.54) is 70.4 Å². The van der Waals surface area contributed by atoms with E-state index >= 15 is 0 Å². The minimum absolute atomic E-state index is 0.633. The number of rotatable bonds is 5. The minimum atomic E-state index is 0.633. The Kier molecular flexibility index (Phi) is 8.29. The summed E-state index contributed by atoms with van der Waals surface area (Å²) in [5, 5.41) is 16.8. The first-order chi connectivity index (χ1) is 34.7. The molecule has 0 unspecified atom stereocenters. The van der Waals surface area contributed by atoms with Gasteiger partial charge in [0.05, 0.1) is 27.8 Å². The van der Waals surface area contributed by atoms with Crippen LogP contribution in [0.1, 0.15) is 0 Å². The molecule has 3 heterocycles. The molecule has 0 amide bonds. The largest absolute Gasteiger partial charge is 0.309 e. The molecule has 0 aliphatic heterocycles. The van der Waals surface area contributed by atoms with Crippen LogP contribution in [0.25, 0.3) is 143 Å². The Morgan fingerprint density at radius 1 is 0.257 bits per heavy atom. The van der Waals surface area contributed by atoms with Crippen LogP contribution in [0.5, 0.6) is 0 Å². The molecule has 0 N–H and O–H groups in total. The van der Waals surface area contributed by atoms with Crippen molar-refractivity contribution < 1.29 is 0 Å². The van der Waals surface area contributed by atoms with E-state index in [1.807, 2.05) is 18.2 Å². The van der Waals surface area contributed by atoms with E-state index in [4.69, 9.17) is 15.0 Å². The van der Waals surface area contributed by atoms with Gasteiger partial charge in [0.25, 0.3) is 0 Å². The van der Waals surface area contributed by atoms with Crippen molar-refractivity contribution in [2.24, 2.45) is 0 Å². The van der Waals surface area contributed by atoms with Crippen LogP contribution in [-0.2, 0) is 0 Å². The van der Waals surface area contributed by atoms with Crippen LogP contribution in [-0.4, -0.2) is 24.1 Å². The number of benzene rings is 12. The molecule has 0 aliphatic carbocycles. The second kappa shape index (κ2) is 15.0. The first-order valence-electron chi connectivity index (χ1n) is 23.8. The first-order valence-corrected chi connectivity index (χ1v) is 23.8. The minimum Gasteiger partial charge on any atom is -0.309 e. The fourth-order valence-electron chi connectivity index (χ4n) is 11.3. The van der Waals surface area contributed by atoms with Gasteiger partial charge in [0.1, 0.15) is 0 Å². The second-order valence-electron chi connectivity index (χ2n) is 18.4. The molecular formula is C65H39N5. The van der Waals surface area contributed by atoms with Gasteiger partial charge in [0, 0.05) is 49.3 Å². The maximum absolute atomic E-state index is 5.26. The number of fused-ring (bicyclic) bond motifs is 13. The highest BCUT2D eigenvalue weighted by Gasteiger charge is 2.20. The van der Waals surface area contributed by atoms with Gasteiger partial charge < -0.3 is 9.13 Å². The normalized spacial score (nSPS) is 12.0. The quantitative estimate of drug-likeness (QED) is 0.162. The smallest absolute Gasteiger partial charge is 0.164 e. The molecule has 0 saturated heterocycles. The summed E-state index contributed by atoms with van der Waals surface area (Å²) >= 11 is 0. The van der Waals surface area contributed by atoms with Gasteiger partial charge in [0.15, 0.2) is 17.5 Å². The van der Waals surface area contributed by atoms with Crippen LogP contribution < -0.4 is 0 Å². The third kappa shape index (κ3) is 5.82. The Bertz CT molecular complexity index is 4660. The Labute approximate surface area is 401 Å². The van der Waals surface area contributed by atoms with E-state index in [2.05, 4.69) is 228 Å². The van der Waals surface area contributed by atoms with Gasteiger partial charge in [-0.05, 0) is 109 Å². The van der Waals surface area contributed by atoms with Gasteiger partial charge in [-0.15, -0.1) is 0 Å². The van der Waals surface area contributed by atoms with E-state index in [9.17, 15) is 0 Å². The first kappa shape index (κ1) is 38.6. The summed E-state index contributed by atoms with van der Waals surface area (Å²) in [4.78, 5) is 15.6. The molecule has 5 heteroatoms. The molecule has 324 valence electrons. The number of hydrogen-bond donors (Lipinski definition) is 0. The topological polar surface area (TPSA) is 48.5 Å². The summed E-state index contributed by atoms with van der Waals surface area (Å²) in [5.74, 6) is 1.92. The molecule has 12 aromatic carbocycles. The van der Waals surface area contributed by atoms with Crippen molar-refractivity contribution in [3.8, 4) is 45.5 Å². The zero-order valence-corrected chi connectivity index (χ0v) is 37.8. The van der Waals surface area contributed by atoms with Gasteiger partial charge in [-0.25, -0.2) is 15.0 Å². The lowest BCUT2D eigenvalue weighted by atomic mass is 9.97. The van der Waals surface area contributed by atoms with Gasteiger partial charge >= 0.3 is 0 Å². The molecule has 70 heavy (non-hydrogen) atoms. The molecule has 0 bridgehead atoms. The summed E-state index contributed by atoms with van der Waals surface area (Å²) < 4.78 is 4.90. The lowest BCUT2D eigenvalue weighted by Gasteiger charge is -2.14. The van der Waals surface area contributed by atoms with Crippen molar-refractivity contribution in [1.82, 2.24) is 24.1 Å². The third-order valence-electron chi connectivity index (χ3n) is 14.5. The number of aromatic nitrogens is 5. The summed E-state index contributed by atoms with van der Waals surface area (Å²) in [6.45, 7) is 0. The third-order valence-corrected chi connectivity index (χ3v) is 14.5. The van der Waals surface area contributed by atoms with Gasteiger partial charge in [-0.3, -0.25) is 0 Å². The van der Waals surface area contributed by atoms with Gasteiger partial charge in [-0.2, -0.15) is 0 Å². The highest BCUT2D eigenvalue weighted by atomic mass is 15.0. The maximum atomic E-state index is 5.26. The van der Waals surface area contributed by atoms with Crippen molar-refractivity contribution in [2.45, 2.75) is 0 Å². The molecule has 15 aromatic rings. The Balaban J connectivity index is 0.897. The monoisotopic (exact) mass is 889 g/mol. The van der Waals surface area contributed by atoms with Crippen LogP contribution in [0.15, 0.2) is 237 Å². The van der Waals surface area contributed by atoms with Gasteiger partial charge in [0.2, 0.25) is 0 Å². The molecule has 0 spiro atoms. The zero-order valence-electron chi connectivity index (χ0n) is 37.8. The standard InChI is InChI=1S/C65H39N5/c1-2-16-41(17-3-1)63-66-64(68-65(67-63)56-38-44-18-5-6-20-48(44)50-22-8-9-23-51(50)56)46-30-29-43-36-47(33-31-42(43)35-46)69-57-26-12-10-24-52(57)55-37-45-19-14-28-59(54(45)39-61(55)69)70-58-27-13-11-25-53(58)62-49-21-7-4-15-40(49)32-34-60(62)70/h1-39H. The van der Waals surface area contributed by atoms with E-state index in [0.717, 1.165) is 55.1 Å². The van der Waals surface area contributed by atoms with Crippen molar-refractivity contribution in [3.05, 3.63) is 237 Å². The summed E-state index contributed by atoms with van der Waals surface area (Å²) in [6, 6.07) is 85.3. The molecule has 0 aliphatic rings. The molecule has 0 fully saturated rings. The molecule has 15 rings (SSSR count). The van der Waals surface area contributed by atoms with E-state index < -0.39 is 0 Å². The molecule has 0 saturated carbocycles. The van der Waals surface area contributed by atoms with Crippen molar-refractivity contribution >= 4 is 97.5 Å². The van der Waals surface area contributed by atoms with Crippen molar-refractivity contribution in [2.75, 3.05) is 0 Å². The predicted octanol–water partition coefficient (Wildman–Crippen LogP) is 16.8. The number of hydrogen-bond acceptors (Lipinski definition) is 3. The average Bonchev–Trinajstić information content (AvgIpc) is 3.94. The van der Waals surface area contributed by atoms with Crippen LogP contribution in [0.4, 0.5) is 0 Å². The van der Waals surface area contributed by atoms with E-state index in [0.29, 0.717) is 17.5 Å². The van der Waals surface area contributed by atoms with Gasteiger partial charge in [-0.1, -0.05) is 176 Å². The lowest BCUT2D eigenvalue weighted by Crippen LogP contribution is -2.01. The highest BCUT2D eigenvalue weighted by Crippen LogP contribution is 2.42. The molecular weight excluding hydrogens is 851 g/mol. The number of nitrogens with zero attached hydrogens (tertiary/aromatic N) is 5. The summed E-state index contributed by atoms with van der Waals surface area (Å²) in [7, 11) is 0. The average molecular weight is 890 g/mol. The second-order valence-corrected chi connectivity index (χ2v) is 18.4. The molecule has 3 aromatic heterocycles. The molecule has 5 nitrogen and oxygen atoms in total. The number of para-hydroxylation sites is 2. The Morgan fingerprint density at radius 3 is 1.70 bits per heavy atom. The molecule has 0 atom stereocenters. The van der Waals surface area contributed by atoms with Crippen LogP contribution in [0.2, 0.25) is 0 Å². The fourth-order valence-corrected chi connectivity index (χ4v) is 11.3. The van der Waals surface area contributed by atoms with E-state index in [-0.39, 0.29) is 0 Å². The molecule has 0 radical (unpaired) electrons. The van der Waals surface area contributed by atoms with Crippen LogP contribution in [0, 0.1) is 0 Å². The fraction of sp³-hybridized carbons (Fsp3) is 0. The zero-order chi connectivity index (χ0) is 45.9. The summed E-state index contributed by atoms with van der Waals surface area (Å²) in [5.41, 5.74) is 9.85. The summed E-state index contributed by atoms with van der Waals surface area (Å²) in [6.07, 6.45) is 0. The SMILES string of the molecule is c1ccc(-c2nc(-c3ccc4cc(-n5c6ccccc6c6cc7cccc(-n8c9ccccc9c9c%10ccccc%10ccc98)c7cc65)ccc4c3)nc(-c3cc4ccccc4c4ccccc34)n2)cc1. The van der Waals surface area contributed by atoms with Crippen molar-refractivity contribution in [1.29, 1.82) is 0 Å². The van der Waals surface area contributed by atoms with E-state index in [1.54, 1.807) is 0 Å². The van der Waals surface area contributed by atoms with Crippen LogP contribution in [0.3, 0.4) is 0 Å². The Morgan fingerprint density at radius 2 is 0.857 bits per heavy atom. The maximum Gasteiger partial charge on any atom is 0.164 e. The Hall–Kier alpha value is -9.45. The van der Waals surface area contributed by atoms with Crippen LogP contribution >= 0.6 is 0 Å².